The van der Waals surface area contributed by atoms with E-state index in [4.69, 9.17) is 5.11 Å². The molecule has 4 nitrogen and oxygen atoms in total. The first kappa shape index (κ1) is 22.2. The Kier molecular flexibility index (Phi) is 18.7. The molecule has 0 bridgehead atoms. The molecule has 0 heterocycles. The minimum absolute atomic E-state index is 0.336. The summed E-state index contributed by atoms with van der Waals surface area (Å²) < 4.78 is 25.6. The smallest absolute Gasteiger partial charge is 0.264 e. The van der Waals surface area contributed by atoms with E-state index >= 15 is 0 Å². The van der Waals surface area contributed by atoms with E-state index in [0.29, 0.717) is 13.2 Å². The van der Waals surface area contributed by atoms with E-state index in [9.17, 15) is 8.42 Å². The van der Waals surface area contributed by atoms with E-state index in [1.165, 1.54) is 44.9 Å². The molecule has 0 aromatic heterocycles. The summed E-state index contributed by atoms with van der Waals surface area (Å²) in [7, 11) is -3.22. The van der Waals surface area contributed by atoms with Gasteiger partial charge in [0.2, 0.25) is 0 Å². The maximum absolute atomic E-state index is 10.5. The van der Waals surface area contributed by atoms with Crippen molar-refractivity contribution in [3.8, 4) is 0 Å². The van der Waals surface area contributed by atoms with Crippen LogP contribution >= 0.6 is 0 Å². The molecule has 0 atom stereocenters. The van der Waals surface area contributed by atoms with Crippen LogP contribution in [0.1, 0.15) is 78.1 Å². The fourth-order valence-electron chi connectivity index (χ4n) is 1.63. The van der Waals surface area contributed by atoms with Gasteiger partial charge < -0.3 is 5.11 Å². The van der Waals surface area contributed by atoms with Crippen LogP contribution in [0.4, 0.5) is 0 Å². The monoisotopic (exact) mass is 310 g/mol. The van der Waals surface area contributed by atoms with Gasteiger partial charge in [0.15, 0.2) is 0 Å². The van der Waals surface area contributed by atoms with Gasteiger partial charge >= 0.3 is 0 Å². The molecular weight excluding hydrogens is 276 g/mol. The highest BCUT2D eigenvalue weighted by Crippen LogP contribution is 2.03. The zero-order chi connectivity index (χ0) is 15.7. The molecular formula is C15H34O4S. The van der Waals surface area contributed by atoms with E-state index < -0.39 is 10.1 Å². The SMILES string of the molecule is CCCCCCCO.CCCCCCCOS(C)(=O)=O. The average Bonchev–Trinajstić information content (AvgIpc) is 2.38. The third-order valence-corrected chi connectivity index (χ3v) is 3.40. The number of aliphatic hydroxyl groups is 1. The highest BCUT2D eigenvalue weighted by Gasteiger charge is 1.99. The van der Waals surface area contributed by atoms with Crippen LogP contribution in [0.15, 0.2) is 0 Å². The van der Waals surface area contributed by atoms with Crippen LogP contribution in [-0.4, -0.2) is 33.0 Å². The Bertz CT molecular complexity index is 257. The van der Waals surface area contributed by atoms with Crippen LogP contribution in [0, 0.1) is 0 Å². The van der Waals surface area contributed by atoms with Crippen molar-refractivity contribution in [2.24, 2.45) is 0 Å². The molecule has 0 aliphatic carbocycles. The summed E-state index contributed by atoms with van der Waals surface area (Å²) in [5, 5.41) is 8.37. The zero-order valence-electron chi connectivity index (χ0n) is 13.6. The highest BCUT2D eigenvalue weighted by molar-refractivity contribution is 7.85. The quantitative estimate of drug-likeness (QED) is 0.439. The van der Waals surface area contributed by atoms with Gasteiger partial charge in [0.05, 0.1) is 12.9 Å². The van der Waals surface area contributed by atoms with Crippen LogP contribution in [0.3, 0.4) is 0 Å². The van der Waals surface area contributed by atoms with Crippen molar-refractivity contribution in [2.75, 3.05) is 19.5 Å². The van der Waals surface area contributed by atoms with Gasteiger partial charge in [0.1, 0.15) is 0 Å². The second-order valence-corrected chi connectivity index (χ2v) is 6.72. The molecule has 0 aromatic rings. The molecule has 0 aliphatic rings. The average molecular weight is 310 g/mol. The Hall–Kier alpha value is -0.130. The summed E-state index contributed by atoms with van der Waals surface area (Å²) in [6, 6.07) is 0. The van der Waals surface area contributed by atoms with Gasteiger partial charge in [-0.05, 0) is 12.8 Å². The van der Waals surface area contributed by atoms with Gasteiger partial charge in [-0.1, -0.05) is 65.2 Å². The Morgan fingerprint density at radius 3 is 1.65 bits per heavy atom. The summed E-state index contributed by atoms with van der Waals surface area (Å²) in [6.07, 6.45) is 12.7. The number of rotatable bonds is 12. The molecule has 124 valence electrons. The van der Waals surface area contributed by atoms with Crippen LogP contribution in [0.25, 0.3) is 0 Å². The van der Waals surface area contributed by atoms with Gasteiger partial charge in [-0.2, -0.15) is 8.42 Å². The van der Waals surface area contributed by atoms with Crippen molar-refractivity contribution in [2.45, 2.75) is 78.1 Å². The molecule has 0 amide bonds. The molecule has 0 aromatic carbocycles. The van der Waals surface area contributed by atoms with Crippen molar-refractivity contribution in [1.29, 1.82) is 0 Å². The number of hydrogen-bond donors (Lipinski definition) is 1. The summed E-state index contributed by atoms with van der Waals surface area (Å²) in [5.74, 6) is 0. The lowest BCUT2D eigenvalue weighted by molar-refractivity contribution is 0.282. The molecule has 0 rings (SSSR count). The molecule has 1 N–H and O–H groups in total. The van der Waals surface area contributed by atoms with Crippen molar-refractivity contribution in [3.63, 3.8) is 0 Å². The first-order valence-electron chi connectivity index (χ1n) is 7.93. The molecule has 0 saturated carbocycles. The Morgan fingerprint density at radius 1 is 0.800 bits per heavy atom. The van der Waals surface area contributed by atoms with Gasteiger partial charge in [-0.25, -0.2) is 0 Å². The lowest BCUT2D eigenvalue weighted by Gasteiger charge is -2.00. The van der Waals surface area contributed by atoms with Gasteiger partial charge in [-0.3, -0.25) is 4.18 Å². The summed E-state index contributed by atoms with van der Waals surface area (Å²) in [5.41, 5.74) is 0. The third kappa shape index (κ3) is 26.4. The third-order valence-electron chi connectivity index (χ3n) is 2.81. The predicted octanol–water partition coefficient (Wildman–Crippen LogP) is 3.88. The lowest BCUT2D eigenvalue weighted by atomic mass is 10.2. The van der Waals surface area contributed by atoms with Gasteiger partial charge in [0, 0.05) is 6.61 Å². The first-order valence-corrected chi connectivity index (χ1v) is 9.74. The Morgan fingerprint density at radius 2 is 1.25 bits per heavy atom. The van der Waals surface area contributed by atoms with Crippen LogP contribution < -0.4 is 0 Å². The Labute approximate surface area is 126 Å². The minimum Gasteiger partial charge on any atom is -0.396 e. The molecule has 0 spiro atoms. The van der Waals surface area contributed by atoms with Gasteiger partial charge in [-0.15, -0.1) is 0 Å². The molecule has 0 aliphatic heterocycles. The number of hydrogen-bond acceptors (Lipinski definition) is 4. The van der Waals surface area contributed by atoms with Crippen molar-refractivity contribution >= 4 is 10.1 Å². The van der Waals surface area contributed by atoms with E-state index in [1.54, 1.807) is 0 Å². The fourth-order valence-corrected chi connectivity index (χ4v) is 2.05. The van der Waals surface area contributed by atoms with E-state index in [2.05, 4.69) is 18.0 Å². The lowest BCUT2D eigenvalue weighted by Crippen LogP contribution is -2.03. The predicted molar refractivity (Wildman–Crippen MR) is 85.4 cm³/mol. The van der Waals surface area contributed by atoms with Crippen molar-refractivity contribution in [1.82, 2.24) is 0 Å². The topological polar surface area (TPSA) is 63.6 Å². The normalized spacial score (nSPS) is 11.0. The Balaban J connectivity index is 0. The number of aliphatic hydroxyl groups excluding tert-OH is 1. The van der Waals surface area contributed by atoms with Crippen LogP contribution in [-0.2, 0) is 14.3 Å². The van der Waals surface area contributed by atoms with Gasteiger partial charge in [0.25, 0.3) is 10.1 Å². The summed E-state index contributed by atoms with van der Waals surface area (Å²) in [6.45, 7) is 5.04. The minimum atomic E-state index is -3.22. The molecule has 0 saturated heterocycles. The summed E-state index contributed by atoms with van der Waals surface area (Å²) in [4.78, 5) is 0. The van der Waals surface area contributed by atoms with Crippen LogP contribution in [0.2, 0.25) is 0 Å². The summed E-state index contributed by atoms with van der Waals surface area (Å²) >= 11 is 0. The standard InChI is InChI=1S/C8H18O3S.C7H16O/c1-3-4-5-6-7-8-11-12(2,9)10;1-2-3-4-5-6-7-8/h3-8H2,1-2H3;8H,2-7H2,1H3. The highest BCUT2D eigenvalue weighted by atomic mass is 32.2. The van der Waals surface area contributed by atoms with Crippen molar-refractivity contribution in [3.05, 3.63) is 0 Å². The maximum Gasteiger partial charge on any atom is 0.264 e. The molecule has 20 heavy (non-hydrogen) atoms. The fraction of sp³-hybridized carbons (Fsp3) is 1.00. The first-order chi connectivity index (χ1) is 9.47. The second-order valence-electron chi connectivity index (χ2n) is 5.08. The van der Waals surface area contributed by atoms with Crippen molar-refractivity contribution < 1.29 is 17.7 Å². The zero-order valence-corrected chi connectivity index (χ0v) is 14.4. The molecule has 0 fully saturated rings. The maximum atomic E-state index is 10.5. The largest absolute Gasteiger partial charge is 0.396 e. The molecule has 5 heteroatoms. The van der Waals surface area contributed by atoms with E-state index in [1.807, 2.05) is 0 Å². The molecule has 0 unspecified atom stereocenters. The molecule has 0 radical (unpaired) electrons. The second kappa shape index (κ2) is 16.9. The van der Waals surface area contributed by atoms with E-state index in [-0.39, 0.29) is 0 Å². The van der Waals surface area contributed by atoms with E-state index in [0.717, 1.165) is 25.5 Å². The number of unbranched alkanes of at least 4 members (excludes halogenated alkanes) is 8. The van der Waals surface area contributed by atoms with Crippen LogP contribution in [0.5, 0.6) is 0 Å².